The maximum absolute atomic E-state index is 5.68. The van der Waals surface area contributed by atoms with Crippen LogP contribution in [0.15, 0.2) is 4.42 Å². The lowest BCUT2D eigenvalue weighted by atomic mass is 9.77. The van der Waals surface area contributed by atoms with Gasteiger partial charge in [0.1, 0.15) is 5.88 Å². The van der Waals surface area contributed by atoms with Crippen LogP contribution in [-0.4, -0.2) is 23.3 Å². The van der Waals surface area contributed by atoms with E-state index in [2.05, 4.69) is 35.9 Å². The molecule has 0 spiro atoms. The predicted octanol–water partition coefficient (Wildman–Crippen LogP) is 3.46. The Balaban J connectivity index is 2.00. The molecule has 1 fully saturated rings. The Morgan fingerprint density at radius 2 is 2.06 bits per heavy atom. The second-order valence-corrected chi connectivity index (χ2v) is 6.36. The van der Waals surface area contributed by atoms with E-state index in [0.29, 0.717) is 17.3 Å². The first kappa shape index (κ1) is 13.7. The lowest BCUT2D eigenvalue weighted by Gasteiger charge is -2.29. The molecule has 0 amide bonds. The summed E-state index contributed by atoms with van der Waals surface area (Å²) < 4.78 is 5.52. The fraction of sp³-hybridized carbons (Fsp3) is 0.846. The summed E-state index contributed by atoms with van der Waals surface area (Å²) in [6.07, 6.45) is 3.64. The summed E-state index contributed by atoms with van der Waals surface area (Å²) in [5.41, 5.74) is 0.381. The average molecular weight is 272 g/mol. The summed E-state index contributed by atoms with van der Waals surface area (Å²) in [6.45, 7) is 8.96. The molecule has 1 saturated heterocycles. The molecule has 102 valence electrons. The Bertz CT molecular complexity index is 386. The Labute approximate surface area is 114 Å². The first-order valence-electron chi connectivity index (χ1n) is 6.64. The molecule has 1 aromatic rings. The smallest absolute Gasteiger partial charge is 0.318 e. The van der Waals surface area contributed by atoms with E-state index in [4.69, 9.17) is 16.0 Å². The fourth-order valence-corrected chi connectivity index (χ4v) is 2.69. The normalized spacial score (nSPS) is 22.0. The maximum Gasteiger partial charge on any atom is 0.318 e. The zero-order chi connectivity index (χ0) is 13.2. The van der Waals surface area contributed by atoms with Gasteiger partial charge in [-0.05, 0) is 30.6 Å². The second kappa shape index (κ2) is 5.47. The second-order valence-electron chi connectivity index (χ2n) is 6.09. The number of halogens is 1. The van der Waals surface area contributed by atoms with Crippen molar-refractivity contribution in [2.75, 3.05) is 18.0 Å². The molecule has 0 bridgehead atoms. The van der Waals surface area contributed by atoms with Crippen LogP contribution in [0.5, 0.6) is 0 Å². The molecule has 0 radical (unpaired) electrons. The van der Waals surface area contributed by atoms with Gasteiger partial charge in [0.05, 0.1) is 0 Å². The lowest BCUT2D eigenvalue weighted by Crippen LogP contribution is -2.26. The van der Waals surface area contributed by atoms with E-state index >= 15 is 0 Å². The minimum atomic E-state index is 0.283. The number of aromatic nitrogens is 2. The number of anilines is 1. The van der Waals surface area contributed by atoms with Gasteiger partial charge in [0.15, 0.2) is 0 Å². The third-order valence-corrected chi connectivity index (χ3v) is 4.02. The molecule has 2 rings (SSSR count). The SMILES string of the molecule is CC(C)(C)C1CCCN(c2nnc(CCl)o2)CC1. The van der Waals surface area contributed by atoms with Crippen molar-refractivity contribution in [3.63, 3.8) is 0 Å². The van der Waals surface area contributed by atoms with Gasteiger partial charge in [-0.25, -0.2) is 0 Å². The van der Waals surface area contributed by atoms with E-state index in [1.807, 2.05) is 0 Å². The van der Waals surface area contributed by atoms with Gasteiger partial charge < -0.3 is 9.32 Å². The summed E-state index contributed by atoms with van der Waals surface area (Å²) in [4.78, 5) is 2.19. The summed E-state index contributed by atoms with van der Waals surface area (Å²) in [5, 5.41) is 7.98. The Morgan fingerprint density at radius 3 is 2.67 bits per heavy atom. The molecule has 5 heteroatoms. The lowest BCUT2D eigenvalue weighted by molar-refractivity contribution is 0.220. The van der Waals surface area contributed by atoms with Gasteiger partial charge >= 0.3 is 6.01 Å². The van der Waals surface area contributed by atoms with E-state index < -0.39 is 0 Å². The molecule has 2 heterocycles. The van der Waals surface area contributed by atoms with E-state index in [0.717, 1.165) is 19.0 Å². The predicted molar refractivity (Wildman–Crippen MR) is 72.9 cm³/mol. The number of hydrogen-bond donors (Lipinski definition) is 0. The van der Waals surface area contributed by atoms with Crippen molar-refractivity contribution in [3.8, 4) is 0 Å². The van der Waals surface area contributed by atoms with Gasteiger partial charge in [0, 0.05) is 13.1 Å². The van der Waals surface area contributed by atoms with Crippen molar-refractivity contribution in [1.82, 2.24) is 10.2 Å². The molecule has 1 aliphatic rings. The van der Waals surface area contributed by atoms with Crippen molar-refractivity contribution >= 4 is 17.6 Å². The van der Waals surface area contributed by atoms with Crippen molar-refractivity contribution in [2.45, 2.75) is 45.9 Å². The Kier molecular flexibility index (Phi) is 4.15. The van der Waals surface area contributed by atoms with Gasteiger partial charge in [-0.1, -0.05) is 25.9 Å². The van der Waals surface area contributed by atoms with Crippen LogP contribution in [0.25, 0.3) is 0 Å². The minimum absolute atomic E-state index is 0.283. The number of rotatable bonds is 2. The monoisotopic (exact) mass is 271 g/mol. The zero-order valence-corrected chi connectivity index (χ0v) is 12.2. The van der Waals surface area contributed by atoms with Crippen molar-refractivity contribution < 1.29 is 4.42 Å². The maximum atomic E-state index is 5.68. The largest absolute Gasteiger partial charge is 0.407 e. The third-order valence-electron chi connectivity index (χ3n) is 3.79. The van der Waals surface area contributed by atoms with E-state index in [1.54, 1.807) is 0 Å². The molecule has 0 N–H and O–H groups in total. The number of hydrogen-bond acceptors (Lipinski definition) is 4. The molecular weight excluding hydrogens is 250 g/mol. The van der Waals surface area contributed by atoms with Crippen LogP contribution < -0.4 is 4.90 Å². The first-order chi connectivity index (χ1) is 8.50. The van der Waals surface area contributed by atoms with Crippen LogP contribution in [0, 0.1) is 11.3 Å². The van der Waals surface area contributed by atoms with Gasteiger partial charge in [-0.3, -0.25) is 0 Å². The minimum Gasteiger partial charge on any atom is -0.407 e. The highest BCUT2D eigenvalue weighted by atomic mass is 35.5. The highest BCUT2D eigenvalue weighted by Crippen LogP contribution is 2.35. The summed E-state index contributed by atoms with van der Waals surface area (Å²) >= 11 is 5.68. The van der Waals surface area contributed by atoms with Crippen LogP contribution in [-0.2, 0) is 5.88 Å². The van der Waals surface area contributed by atoms with E-state index in [9.17, 15) is 0 Å². The molecule has 0 saturated carbocycles. The molecule has 1 aromatic heterocycles. The summed E-state index contributed by atoms with van der Waals surface area (Å²) in [5.74, 6) is 1.55. The first-order valence-corrected chi connectivity index (χ1v) is 7.17. The molecule has 1 atom stereocenters. The van der Waals surface area contributed by atoms with Gasteiger partial charge in [0.25, 0.3) is 0 Å². The standard InChI is InChI=1S/C13H22ClN3O/c1-13(2,3)10-5-4-7-17(8-6-10)12-16-15-11(9-14)18-12/h10H,4-9H2,1-3H3. The fourth-order valence-electron chi connectivity index (χ4n) is 2.58. The van der Waals surface area contributed by atoms with Gasteiger partial charge in [-0.2, -0.15) is 0 Å². The number of nitrogens with zero attached hydrogens (tertiary/aromatic N) is 3. The van der Waals surface area contributed by atoms with Crippen molar-refractivity contribution in [2.24, 2.45) is 11.3 Å². The van der Waals surface area contributed by atoms with Gasteiger partial charge in [-0.15, -0.1) is 16.7 Å². The quantitative estimate of drug-likeness (QED) is 0.773. The molecule has 4 nitrogen and oxygen atoms in total. The Hall–Kier alpha value is -0.770. The summed E-state index contributed by atoms with van der Waals surface area (Å²) in [6, 6.07) is 0.625. The highest BCUT2D eigenvalue weighted by Gasteiger charge is 2.28. The molecule has 1 unspecified atom stereocenters. The van der Waals surface area contributed by atoms with Crippen LogP contribution in [0.1, 0.15) is 45.9 Å². The molecule has 0 aliphatic carbocycles. The zero-order valence-electron chi connectivity index (χ0n) is 11.4. The third kappa shape index (κ3) is 3.16. The molecular formula is C13H22ClN3O. The van der Waals surface area contributed by atoms with Crippen LogP contribution in [0.2, 0.25) is 0 Å². The summed E-state index contributed by atoms with van der Waals surface area (Å²) in [7, 11) is 0. The van der Waals surface area contributed by atoms with Crippen LogP contribution in [0.4, 0.5) is 6.01 Å². The highest BCUT2D eigenvalue weighted by molar-refractivity contribution is 6.16. The van der Waals surface area contributed by atoms with Gasteiger partial charge in [0.2, 0.25) is 5.89 Å². The average Bonchev–Trinajstić information content (AvgIpc) is 2.64. The topological polar surface area (TPSA) is 42.2 Å². The molecule has 1 aliphatic heterocycles. The van der Waals surface area contributed by atoms with Crippen LogP contribution in [0.3, 0.4) is 0 Å². The van der Waals surface area contributed by atoms with E-state index in [1.165, 1.54) is 19.3 Å². The van der Waals surface area contributed by atoms with Crippen molar-refractivity contribution in [1.29, 1.82) is 0 Å². The van der Waals surface area contributed by atoms with Crippen LogP contribution >= 0.6 is 11.6 Å². The van der Waals surface area contributed by atoms with Crippen molar-refractivity contribution in [3.05, 3.63) is 5.89 Å². The molecule has 0 aromatic carbocycles. The Morgan fingerprint density at radius 1 is 1.28 bits per heavy atom. The molecule has 18 heavy (non-hydrogen) atoms. The number of alkyl halides is 1. The van der Waals surface area contributed by atoms with E-state index in [-0.39, 0.29) is 5.88 Å².